The summed E-state index contributed by atoms with van der Waals surface area (Å²) in [5, 5.41) is 10.2. The van der Waals surface area contributed by atoms with E-state index in [1.807, 2.05) is 50.2 Å². The molecular weight excluding hydrogens is 424 g/mol. The summed E-state index contributed by atoms with van der Waals surface area (Å²) in [6.45, 7) is 6.08. The molecule has 1 amide bonds. The van der Waals surface area contributed by atoms with E-state index in [2.05, 4.69) is 36.4 Å². The summed E-state index contributed by atoms with van der Waals surface area (Å²) in [5.74, 6) is 1.39. The van der Waals surface area contributed by atoms with E-state index in [0.717, 1.165) is 16.0 Å². The number of pyridine rings is 2. The number of nitrogens with one attached hydrogen (secondary N) is 3. The van der Waals surface area contributed by atoms with Crippen LogP contribution in [0.1, 0.15) is 60.8 Å². The lowest BCUT2D eigenvalue weighted by Crippen LogP contribution is -2.45. The summed E-state index contributed by atoms with van der Waals surface area (Å²) in [7, 11) is 0. The summed E-state index contributed by atoms with van der Waals surface area (Å²) in [4.78, 5) is 27.5. The molecule has 4 heterocycles. The molecule has 1 aliphatic heterocycles. The van der Waals surface area contributed by atoms with Crippen molar-refractivity contribution < 1.29 is 6.22 Å². The number of aryl methyl sites for hydroxylation is 1. The number of nitrogens with zero attached hydrogens (tertiary/aromatic N) is 5. The highest BCUT2D eigenvalue weighted by molar-refractivity contribution is 7.15. The van der Waals surface area contributed by atoms with Gasteiger partial charge in [-0.1, -0.05) is 6.07 Å². The van der Waals surface area contributed by atoms with E-state index in [0.29, 0.717) is 29.0 Å². The van der Waals surface area contributed by atoms with Crippen molar-refractivity contribution in [3.05, 3.63) is 58.6 Å². The maximum Gasteiger partial charge on any atom is 0.275 e. The molecule has 0 saturated heterocycles. The first kappa shape index (κ1) is 20.5. The van der Waals surface area contributed by atoms with Gasteiger partial charge >= 0.3 is 0 Å². The Labute approximate surface area is 191 Å². The fourth-order valence-electron chi connectivity index (χ4n) is 3.45. The Morgan fingerprint density at radius 2 is 2.12 bits per heavy atom. The van der Waals surface area contributed by atoms with Crippen molar-refractivity contribution in [2.45, 2.75) is 45.6 Å². The second-order valence-corrected chi connectivity index (χ2v) is 9.27. The molecule has 32 heavy (non-hydrogen) atoms. The SMILES string of the molecule is Cc1cnc(C(=O)Nc2cccc(C3=NNNN3C(C)C)n2)cc1-c1cnc(C2CC2)s1.[HH]. The molecule has 3 aromatic rings. The van der Waals surface area contributed by atoms with Crippen LogP contribution in [-0.4, -0.2) is 37.7 Å². The van der Waals surface area contributed by atoms with Gasteiger partial charge in [0.2, 0.25) is 0 Å². The first-order valence-corrected chi connectivity index (χ1v) is 11.4. The first-order chi connectivity index (χ1) is 15.5. The molecule has 0 unspecified atom stereocenters. The Morgan fingerprint density at radius 3 is 2.91 bits per heavy atom. The van der Waals surface area contributed by atoms with Crippen molar-refractivity contribution in [1.82, 2.24) is 31.0 Å². The molecule has 1 saturated carbocycles. The van der Waals surface area contributed by atoms with E-state index < -0.39 is 0 Å². The summed E-state index contributed by atoms with van der Waals surface area (Å²) < 4.78 is 0. The Hall–Kier alpha value is -3.37. The predicted molar refractivity (Wildman–Crippen MR) is 126 cm³/mol. The molecule has 0 aromatic carbocycles. The average Bonchev–Trinajstić information content (AvgIpc) is 3.31. The lowest BCUT2D eigenvalue weighted by molar-refractivity contribution is 0.102. The number of hydrazone groups is 1. The van der Waals surface area contributed by atoms with Gasteiger partial charge in [0.25, 0.3) is 5.91 Å². The van der Waals surface area contributed by atoms with E-state index in [1.165, 1.54) is 17.8 Å². The maximum atomic E-state index is 12.9. The molecule has 166 valence electrons. The minimum absolute atomic E-state index is 0. The number of rotatable bonds is 6. The van der Waals surface area contributed by atoms with Gasteiger partial charge < -0.3 is 5.32 Å². The largest absolute Gasteiger partial charge is 0.305 e. The molecule has 10 heteroatoms. The van der Waals surface area contributed by atoms with Crippen molar-refractivity contribution in [1.29, 1.82) is 0 Å². The summed E-state index contributed by atoms with van der Waals surface area (Å²) in [6.07, 6.45) is 6.07. The Balaban J connectivity index is 0.00000259. The number of anilines is 1. The third-order valence-electron chi connectivity index (χ3n) is 5.35. The summed E-state index contributed by atoms with van der Waals surface area (Å²) in [5.41, 5.74) is 8.70. The van der Waals surface area contributed by atoms with Crippen LogP contribution in [0.3, 0.4) is 0 Å². The predicted octanol–water partition coefficient (Wildman–Crippen LogP) is 3.68. The van der Waals surface area contributed by atoms with Gasteiger partial charge in [0.15, 0.2) is 5.84 Å². The second kappa shape index (κ2) is 8.29. The zero-order valence-electron chi connectivity index (χ0n) is 18.1. The molecule has 1 fully saturated rings. The van der Waals surface area contributed by atoms with Crippen LogP contribution in [0.25, 0.3) is 10.4 Å². The number of hydrogen-bond donors (Lipinski definition) is 3. The monoisotopic (exact) mass is 450 g/mol. The Morgan fingerprint density at radius 1 is 1.28 bits per heavy atom. The zero-order valence-corrected chi connectivity index (χ0v) is 18.9. The molecule has 1 aliphatic carbocycles. The Bertz CT molecular complexity index is 1210. The molecule has 5 rings (SSSR count). The standard InChI is InChI=1S/C22H24N8OS.H2/c1-12(2)30-20(27-28-29-30)16-5-4-6-19(25-16)26-21(31)17-9-15(13(3)10-23-17)18-11-24-22(32-18)14-7-8-14;/h4-6,9-12,14,28-29H,7-8H2,1-3H3,(H,25,26,31);1H. The fourth-order valence-corrected chi connectivity index (χ4v) is 4.62. The minimum Gasteiger partial charge on any atom is -0.305 e. The lowest BCUT2D eigenvalue weighted by Gasteiger charge is -2.22. The van der Waals surface area contributed by atoms with Crippen molar-refractivity contribution >= 4 is 28.9 Å². The van der Waals surface area contributed by atoms with Gasteiger partial charge in [0.05, 0.1) is 9.88 Å². The molecule has 0 atom stereocenters. The Kier molecular flexibility index (Phi) is 5.32. The van der Waals surface area contributed by atoms with Gasteiger partial charge in [0.1, 0.15) is 17.2 Å². The highest BCUT2D eigenvalue weighted by Crippen LogP contribution is 2.43. The number of aromatic nitrogens is 3. The molecule has 0 bridgehead atoms. The van der Waals surface area contributed by atoms with Crippen molar-refractivity contribution in [3.8, 4) is 10.4 Å². The van der Waals surface area contributed by atoms with E-state index >= 15 is 0 Å². The number of thiazole rings is 1. The second-order valence-electron chi connectivity index (χ2n) is 8.21. The van der Waals surface area contributed by atoms with Crippen LogP contribution in [0.5, 0.6) is 0 Å². The third-order valence-corrected chi connectivity index (χ3v) is 6.54. The van der Waals surface area contributed by atoms with Crippen LogP contribution >= 0.6 is 11.3 Å². The van der Waals surface area contributed by atoms with Crippen LogP contribution in [0.15, 0.2) is 41.8 Å². The van der Waals surface area contributed by atoms with E-state index in [9.17, 15) is 4.79 Å². The zero-order chi connectivity index (χ0) is 22.2. The molecule has 3 N–H and O–H groups in total. The van der Waals surface area contributed by atoms with Gasteiger partial charge in [-0.25, -0.2) is 15.5 Å². The van der Waals surface area contributed by atoms with Gasteiger partial charge in [-0.2, -0.15) is 0 Å². The number of amidine groups is 1. The van der Waals surface area contributed by atoms with Gasteiger partial charge in [-0.15, -0.1) is 22.0 Å². The third kappa shape index (κ3) is 4.06. The van der Waals surface area contributed by atoms with Crippen LogP contribution < -0.4 is 16.4 Å². The van der Waals surface area contributed by atoms with Crippen LogP contribution in [-0.2, 0) is 0 Å². The van der Waals surface area contributed by atoms with Crippen molar-refractivity contribution in [3.63, 3.8) is 0 Å². The van der Waals surface area contributed by atoms with Gasteiger partial charge in [0, 0.05) is 31.3 Å². The summed E-state index contributed by atoms with van der Waals surface area (Å²) in [6, 6.07) is 7.43. The number of hydrogen-bond acceptors (Lipinski definition) is 9. The van der Waals surface area contributed by atoms with Crippen LogP contribution in [0.4, 0.5) is 5.82 Å². The average molecular weight is 451 g/mol. The molecule has 2 aliphatic rings. The minimum atomic E-state index is -0.312. The number of carbonyl (C=O) groups is 1. The summed E-state index contributed by atoms with van der Waals surface area (Å²) >= 11 is 1.70. The van der Waals surface area contributed by atoms with Gasteiger partial charge in [-0.05, 0) is 57.4 Å². The molecule has 0 spiro atoms. The quantitative estimate of drug-likeness (QED) is 0.526. The van der Waals surface area contributed by atoms with Crippen molar-refractivity contribution in [2.75, 3.05) is 5.32 Å². The molecular formula is C22H26N8OS. The van der Waals surface area contributed by atoms with Crippen molar-refractivity contribution in [2.24, 2.45) is 5.10 Å². The van der Waals surface area contributed by atoms with E-state index in [1.54, 1.807) is 23.6 Å². The number of hydrazine groups is 2. The van der Waals surface area contributed by atoms with Crippen LogP contribution in [0.2, 0.25) is 0 Å². The maximum absolute atomic E-state index is 12.9. The normalized spacial score (nSPS) is 15.6. The number of carbonyl (C=O) groups excluding carboxylic acids is 1. The topological polar surface area (TPSA) is 107 Å². The molecule has 0 radical (unpaired) electrons. The van der Waals surface area contributed by atoms with E-state index in [4.69, 9.17) is 0 Å². The first-order valence-electron chi connectivity index (χ1n) is 10.6. The van der Waals surface area contributed by atoms with E-state index in [-0.39, 0.29) is 13.4 Å². The van der Waals surface area contributed by atoms with Crippen LogP contribution in [0, 0.1) is 6.92 Å². The number of amides is 1. The highest BCUT2D eigenvalue weighted by atomic mass is 32.1. The molecule has 3 aromatic heterocycles. The highest BCUT2D eigenvalue weighted by Gasteiger charge is 2.27. The fraction of sp³-hybridized carbons (Fsp3) is 0.318. The lowest BCUT2D eigenvalue weighted by atomic mass is 10.1. The molecule has 9 nitrogen and oxygen atoms in total. The smallest absolute Gasteiger partial charge is 0.275 e. The van der Waals surface area contributed by atoms with Gasteiger partial charge in [-0.3, -0.25) is 14.8 Å².